The highest BCUT2D eigenvalue weighted by Crippen LogP contribution is 2.28. The molecule has 0 spiro atoms. The van der Waals surface area contributed by atoms with E-state index in [1.54, 1.807) is 4.90 Å². The van der Waals surface area contributed by atoms with Crippen LogP contribution in [0.15, 0.2) is 15.6 Å². The second-order valence-corrected chi connectivity index (χ2v) is 4.06. The molecule has 3 N–H and O–H groups in total. The summed E-state index contributed by atoms with van der Waals surface area (Å²) in [5.41, 5.74) is 4.94. The van der Waals surface area contributed by atoms with E-state index in [-0.39, 0.29) is 11.6 Å². The molecule has 0 aromatic carbocycles. The lowest BCUT2D eigenvalue weighted by Crippen LogP contribution is -2.55. The Balaban J connectivity index is 2.35. The molecule has 7 heteroatoms. The third kappa shape index (κ3) is 1.63. The number of hydrogen-bond acceptors (Lipinski definition) is 4. The van der Waals surface area contributed by atoms with Crippen LogP contribution < -0.4 is 16.2 Å². The largest absolute Gasteiger partial charge is 0.368 e. The first kappa shape index (κ1) is 10.2. The highest BCUT2D eigenvalue weighted by molar-refractivity contribution is 9.10. The number of rotatable bonds is 2. The number of carbonyl (C=O) groups excluding carboxylic acids is 1. The first-order valence-electron chi connectivity index (χ1n) is 4.40. The SMILES string of the molecule is NC(=O)C1CCN1c1nc[nH]c(=O)c1Br. The van der Waals surface area contributed by atoms with Crippen LogP contribution in [0.2, 0.25) is 0 Å². The molecule has 1 aromatic heterocycles. The molecule has 1 aromatic rings. The van der Waals surface area contributed by atoms with Crippen molar-refractivity contribution in [3.8, 4) is 0 Å². The Morgan fingerprint density at radius 1 is 1.73 bits per heavy atom. The molecule has 0 saturated carbocycles. The van der Waals surface area contributed by atoms with E-state index in [1.807, 2.05) is 0 Å². The molecule has 1 aliphatic rings. The number of H-pyrrole nitrogens is 1. The van der Waals surface area contributed by atoms with Crippen LogP contribution in [0.25, 0.3) is 0 Å². The van der Waals surface area contributed by atoms with Gasteiger partial charge in [-0.1, -0.05) is 0 Å². The molecule has 2 heterocycles. The van der Waals surface area contributed by atoms with Crippen LogP contribution in [-0.4, -0.2) is 28.5 Å². The number of aromatic amines is 1. The summed E-state index contributed by atoms with van der Waals surface area (Å²) in [6.07, 6.45) is 2.01. The lowest BCUT2D eigenvalue weighted by atomic mass is 10.0. The topological polar surface area (TPSA) is 92.1 Å². The number of primary amides is 1. The first-order valence-corrected chi connectivity index (χ1v) is 5.19. The Morgan fingerprint density at radius 3 is 3.00 bits per heavy atom. The summed E-state index contributed by atoms with van der Waals surface area (Å²) in [6.45, 7) is 0.683. The molecule has 2 rings (SSSR count). The molecule has 1 aliphatic heterocycles. The predicted octanol–water partition coefficient (Wildman–Crippen LogP) is -0.404. The van der Waals surface area contributed by atoms with Crippen LogP contribution >= 0.6 is 15.9 Å². The quantitative estimate of drug-likeness (QED) is 0.766. The molecule has 6 nitrogen and oxygen atoms in total. The second-order valence-electron chi connectivity index (χ2n) is 3.27. The minimum atomic E-state index is -0.393. The van der Waals surface area contributed by atoms with E-state index < -0.39 is 5.91 Å². The normalized spacial score (nSPS) is 19.8. The zero-order chi connectivity index (χ0) is 11.0. The molecule has 0 bridgehead atoms. The number of aromatic nitrogens is 2. The summed E-state index contributed by atoms with van der Waals surface area (Å²) in [4.78, 5) is 30.4. The van der Waals surface area contributed by atoms with Crippen molar-refractivity contribution in [2.24, 2.45) is 5.73 Å². The summed E-state index contributed by atoms with van der Waals surface area (Å²) in [5, 5.41) is 0. The Labute approximate surface area is 93.6 Å². The van der Waals surface area contributed by atoms with Gasteiger partial charge in [0.15, 0.2) is 5.82 Å². The smallest absolute Gasteiger partial charge is 0.267 e. The van der Waals surface area contributed by atoms with Crippen molar-refractivity contribution >= 4 is 27.7 Å². The first-order chi connectivity index (χ1) is 7.11. The molecule has 0 aliphatic carbocycles. The van der Waals surface area contributed by atoms with Crippen molar-refractivity contribution in [3.05, 3.63) is 21.2 Å². The van der Waals surface area contributed by atoms with Gasteiger partial charge in [-0.2, -0.15) is 0 Å². The molecule has 0 radical (unpaired) electrons. The monoisotopic (exact) mass is 272 g/mol. The van der Waals surface area contributed by atoms with Gasteiger partial charge in [0.1, 0.15) is 10.5 Å². The number of amides is 1. The summed E-state index contributed by atoms with van der Waals surface area (Å²) < 4.78 is 0.330. The molecule has 15 heavy (non-hydrogen) atoms. The number of nitrogens with zero attached hydrogens (tertiary/aromatic N) is 2. The van der Waals surface area contributed by atoms with Crippen molar-refractivity contribution < 1.29 is 4.79 Å². The number of halogens is 1. The standard InChI is InChI=1S/C8H9BrN4O2/c9-5-7(11-3-12-8(5)15)13-2-1-4(13)6(10)14/h3-4H,1-2H2,(H2,10,14)(H,11,12,15). The van der Waals surface area contributed by atoms with E-state index in [4.69, 9.17) is 5.73 Å². The van der Waals surface area contributed by atoms with E-state index in [2.05, 4.69) is 25.9 Å². The third-order valence-electron chi connectivity index (χ3n) is 2.40. The van der Waals surface area contributed by atoms with E-state index in [0.29, 0.717) is 23.3 Å². The fourth-order valence-electron chi connectivity index (χ4n) is 1.51. The fourth-order valence-corrected chi connectivity index (χ4v) is 1.96. The van der Waals surface area contributed by atoms with E-state index in [0.717, 1.165) is 0 Å². The maximum Gasteiger partial charge on any atom is 0.267 e. The second kappa shape index (κ2) is 3.65. The van der Waals surface area contributed by atoms with Gasteiger partial charge in [-0.3, -0.25) is 9.59 Å². The highest BCUT2D eigenvalue weighted by atomic mass is 79.9. The van der Waals surface area contributed by atoms with Gasteiger partial charge in [0.2, 0.25) is 5.91 Å². The van der Waals surface area contributed by atoms with Crippen molar-refractivity contribution in [3.63, 3.8) is 0 Å². The molecule has 1 fully saturated rings. The van der Waals surface area contributed by atoms with Crippen molar-refractivity contribution in [1.82, 2.24) is 9.97 Å². The fraction of sp³-hybridized carbons (Fsp3) is 0.375. The van der Waals surface area contributed by atoms with E-state index >= 15 is 0 Å². The Morgan fingerprint density at radius 2 is 2.47 bits per heavy atom. The van der Waals surface area contributed by atoms with Crippen LogP contribution in [0.1, 0.15) is 6.42 Å². The lowest BCUT2D eigenvalue weighted by Gasteiger charge is -2.39. The minimum Gasteiger partial charge on any atom is -0.368 e. The zero-order valence-corrected chi connectivity index (χ0v) is 9.32. The molecular weight excluding hydrogens is 264 g/mol. The Bertz CT molecular complexity index is 458. The van der Waals surface area contributed by atoms with Crippen LogP contribution in [0.5, 0.6) is 0 Å². The molecular formula is C8H9BrN4O2. The van der Waals surface area contributed by atoms with Gasteiger partial charge in [0, 0.05) is 6.54 Å². The molecule has 1 saturated heterocycles. The lowest BCUT2D eigenvalue weighted by molar-refractivity contribution is -0.120. The maximum atomic E-state index is 11.3. The van der Waals surface area contributed by atoms with Gasteiger partial charge in [-0.05, 0) is 22.4 Å². The number of nitrogens with two attached hydrogens (primary N) is 1. The summed E-state index contributed by atoms with van der Waals surface area (Å²) in [6, 6.07) is -0.351. The van der Waals surface area contributed by atoms with Gasteiger partial charge in [-0.25, -0.2) is 4.98 Å². The molecule has 1 amide bonds. The summed E-state index contributed by atoms with van der Waals surface area (Å²) in [5.74, 6) is 0.0732. The van der Waals surface area contributed by atoms with Crippen LogP contribution in [-0.2, 0) is 4.79 Å². The van der Waals surface area contributed by atoms with Crippen LogP contribution in [0.4, 0.5) is 5.82 Å². The van der Waals surface area contributed by atoms with Gasteiger partial charge >= 0.3 is 0 Å². The number of anilines is 1. The third-order valence-corrected chi connectivity index (χ3v) is 3.11. The Hall–Kier alpha value is -1.37. The summed E-state index contributed by atoms with van der Waals surface area (Å²) >= 11 is 3.13. The van der Waals surface area contributed by atoms with Gasteiger partial charge in [-0.15, -0.1) is 0 Å². The summed E-state index contributed by atoms with van der Waals surface area (Å²) in [7, 11) is 0. The van der Waals surface area contributed by atoms with Crippen LogP contribution in [0.3, 0.4) is 0 Å². The highest BCUT2D eigenvalue weighted by Gasteiger charge is 2.34. The zero-order valence-electron chi connectivity index (χ0n) is 7.74. The van der Waals surface area contributed by atoms with Gasteiger partial charge in [0.05, 0.1) is 6.33 Å². The van der Waals surface area contributed by atoms with Crippen molar-refractivity contribution in [2.45, 2.75) is 12.5 Å². The van der Waals surface area contributed by atoms with Crippen molar-refractivity contribution in [1.29, 1.82) is 0 Å². The predicted molar refractivity (Wildman–Crippen MR) is 57.5 cm³/mol. The number of nitrogens with one attached hydrogen (secondary N) is 1. The van der Waals surface area contributed by atoms with Gasteiger partial charge < -0.3 is 15.6 Å². The molecule has 80 valence electrons. The number of carbonyl (C=O) groups is 1. The minimum absolute atomic E-state index is 0.268. The maximum absolute atomic E-state index is 11.3. The van der Waals surface area contributed by atoms with Crippen LogP contribution in [0, 0.1) is 0 Å². The van der Waals surface area contributed by atoms with Gasteiger partial charge in [0.25, 0.3) is 5.56 Å². The number of hydrogen-bond donors (Lipinski definition) is 2. The average molecular weight is 273 g/mol. The van der Waals surface area contributed by atoms with Crippen molar-refractivity contribution in [2.75, 3.05) is 11.4 Å². The molecule has 1 atom stereocenters. The van der Waals surface area contributed by atoms with E-state index in [1.165, 1.54) is 6.33 Å². The Kier molecular flexibility index (Phi) is 2.47. The molecule has 1 unspecified atom stereocenters. The average Bonchev–Trinajstić information content (AvgIpc) is 2.10. The van der Waals surface area contributed by atoms with E-state index in [9.17, 15) is 9.59 Å².